The molecular formula is C19H22N2O5. The number of rotatable bonds is 8. The largest absolute Gasteiger partial charge is 0.457 e. The Morgan fingerprint density at radius 3 is 2.65 bits per heavy atom. The maximum Gasteiger partial charge on any atom is 0.340 e. The number of esters is 1. The quantitative estimate of drug-likeness (QED) is 0.335. The third-order valence-corrected chi connectivity index (χ3v) is 3.92. The van der Waals surface area contributed by atoms with Gasteiger partial charge in [-0.1, -0.05) is 23.8 Å². The van der Waals surface area contributed by atoms with Gasteiger partial charge in [-0.25, -0.2) is 4.79 Å². The topological polar surface area (TPSA) is 90.7 Å². The molecule has 7 nitrogen and oxygen atoms in total. The number of nitro groups is 1. The first-order valence-electron chi connectivity index (χ1n) is 8.17. The molecule has 2 aromatic carbocycles. The lowest BCUT2D eigenvalue weighted by Gasteiger charge is -2.12. The van der Waals surface area contributed by atoms with E-state index < -0.39 is 10.9 Å². The number of nitrogens with zero attached hydrogens (tertiary/aromatic N) is 1. The first kappa shape index (κ1) is 19.4. The van der Waals surface area contributed by atoms with E-state index in [1.165, 1.54) is 18.2 Å². The van der Waals surface area contributed by atoms with Crippen LogP contribution in [0.4, 0.5) is 11.4 Å². The SMILES string of the molecule is COCCNc1ccc([N+](=O)[O-])cc1C(=O)OCc1cc(C)ccc1C. The summed E-state index contributed by atoms with van der Waals surface area (Å²) in [5, 5.41) is 14.1. The van der Waals surface area contributed by atoms with Crippen molar-refractivity contribution in [3.8, 4) is 0 Å². The molecule has 0 saturated heterocycles. The summed E-state index contributed by atoms with van der Waals surface area (Å²) in [5.74, 6) is -0.616. The number of benzene rings is 2. The number of ether oxygens (including phenoxy) is 2. The number of nitrogens with one attached hydrogen (secondary N) is 1. The lowest BCUT2D eigenvalue weighted by Crippen LogP contribution is -2.13. The summed E-state index contributed by atoms with van der Waals surface area (Å²) in [5.41, 5.74) is 3.41. The Bertz CT molecular complexity index is 805. The molecule has 138 valence electrons. The first-order chi connectivity index (χ1) is 12.4. The van der Waals surface area contributed by atoms with Gasteiger partial charge in [0.1, 0.15) is 6.61 Å². The number of nitro benzene ring substituents is 1. The second kappa shape index (κ2) is 8.96. The zero-order chi connectivity index (χ0) is 19.1. The number of non-ortho nitro benzene ring substituents is 1. The fourth-order valence-corrected chi connectivity index (χ4v) is 2.43. The van der Waals surface area contributed by atoms with E-state index in [4.69, 9.17) is 9.47 Å². The number of carbonyl (C=O) groups excluding carboxylic acids is 1. The van der Waals surface area contributed by atoms with Crippen LogP contribution >= 0.6 is 0 Å². The summed E-state index contributed by atoms with van der Waals surface area (Å²) < 4.78 is 10.4. The van der Waals surface area contributed by atoms with Crippen molar-refractivity contribution in [3.63, 3.8) is 0 Å². The maximum atomic E-state index is 12.5. The summed E-state index contributed by atoms with van der Waals surface area (Å²) in [7, 11) is 1.57. The van der Waals surface area contributed by atoms with Crippen LogP contribution in [-0.4, -0.2) is 31.2 Å². The normalized spacial score (nSPS) is 10.4. The molecule has 0 aromatic heterocycles. The van der Waals surface area contributed by atoms with Gasteiger partial charge in [0, 0.05) is 31.5 Å². The van der Waals surface area contributed by atoms with Crippen LogP contribution in [0.5, 0.6) is 0 Å². The number of anilines is 1. The molecule has 2 aromatic rings. The van der Waals surface area contributed by atoms with E-state index in [-0.39, 0.29) is 17.9 Å². The minimum absolute atomic E-state index is 0.104. The average Bonchev–Trinajstić information content (AvgIpc) is 2.62. The number of hydrogen-bond acceptors (Lipinski definition) is 6. The molecule has 0 amide bonds. The molecule has 0 bridgehead atoms. The molecule has 0 fully saturated rings. The van der Waals surface area contributed by atoms with Crippen molar-refractivity contribution >= 4 is 17.3 Å². The minimum atomic E-state index is -0.616. The van der Waals surface area contributed by atoms with Crippen LogP contribution in [0.15, 0.2) is 36.4 Å². The van der Waals surface area contributed by atoms with Crippen LogP contribution in [0.1, 0.15) is 27.0 Å². The Hall–Kier alpha value is -2.93. The van der Waals surface area contributed by atoms with E-state index in [1.807, 2.05) is 32.0 Å². The highest BCUT2D eigenvalue weighted by Gasteiger charge is 2.18. The molecule has 2 rings (SSSR count). The Morgan fingerprint density at radius 2 is 1.96 bits per heavy atom. The van der Waals surface area contributed by atoms with Crippen LogP contribution in [0.2, 0.25) is 0 Å². The monoisotopic (exact) mass is 358 g/mol. The second-order valence-electron chi connectivity index (χ2n) is 5.91. The van der Waals surface area contributed by atoms with Gasteiger partial charge in [0.15, 0.2) is 0 Å². The van der Waals surface area contributed by atoms with Crippen LogP contribution in [-0.2, 0) is 16.1 Å². The molecule has 0 radical (unpaired) electrons. The summed E-state index contributed by atoms with van der Waals surface area (Å²) in [6.07, 6.45) is 0. The van der Waals surface area contributed by atoms with Crippen molar-refractivity contribution in [3.05, 3.63) is 68.8 Å². The third-order valence-electron chi connectivity index (χ3n) is 3.92. The second-order valence-corrected chi connectivity index (χ2v) is 5.91. The van der Waals surface area contributed by atoms with Crippen LogP contribution in [0.25, 0.3) is 0 Å². The van der Waals surface area contributed by atoms with Gasteiger partial charge in [-0.2, -0.15) is 0 Å². The van der Waals surface area contributed by atoms with Crippen molar-refractivity contribution in [1.29, 1.82) is 0 Å². The Kier molecular flexibility index (Phi) is 6.68. The molecule has 0 spiro atoms. The molecule has 0 saturated carbocycles. The predicted octanol–water partition coefficient (Wildman–Crippen LogP) is 3.63. The van der Waals surface area contributed by atoms with E-state index >= 15 is 0 Å². The number of aryl methyl sites for hydroxylation is 2. The van der Waals surface area contributed by atoms with Gasteiger partial charge in [0.05, 0.1) is 17.1 Å². The third kappa shape index (κ3) is 5.03. The van der Waals surface area contributed by atoms with Crippen molar-refractivity contribution in [2.24, 2.45) is 0 Å². The molecule has 7 heteroatoms. The predicted molar refractivity (Wildman–Crippen MR) is 98.5 cm³/mol. The maximum absolute atomic E-state index is 12.5. The molecule has 0 atom stereocenters. The molecule has 26 heavy (non-hydrogen) atoms. The van der Waals surface area contributed by atoms with E-state index in [2.05, 4.69) is 5.32 Å². The van der Waals surface area contributed by atoms with Crippen molar-refractivity contribution < 1.29 is 19.2 Å². The molecule has 0 heterocycles. The van der Waals surface area contributed by atoms with Gasteiger partial charge in [-0.15, -0.1) is 0 Å². The molecule has 0 aliphatic heterocycles. The Labute approximate surface area is 152 Å². The van der Waals surface area contributed by atoms with Crippen molar-refractivity contribution in [1.82, 2.24) is 0 Å². The molecule has 0 aliphatic rings. The first-order valence-corrected chi connectivity index (χ1v) is 8.17. The molecule has 0 aliphatic carbocycles. The van der Waals surface area contributed by atoms with Crippen LogP contribution in [0.3, 0.4) is 0 Å². The zero-order valence-corrected chi connectivity index (χ0v) is 15.1. The molecular weight excluding hydrogens is 336 g/mol. The summed E-state index contributed by atoms with van der Waals surface area (Å²) in [6, 6.07) is 9.97. The molecule has 0 unspecified atom stereocenters. The Morgan fingerprint density at radius 1 is 1.19 bits per heavy atom. The van der Waals surface area contributed by atoms with Crippen molar-refractivity contribution in [2.75, 3.05) is 25.6 Å². The fourth-order valence-electron chi connectivity index (χ4n) is 2.43. The van der Waals surface area contributed by atoms with Gasteiger partial charge in [0.25, 0.3) is 5.69 Å². The number of carbonyl (C=O) groups is 1. The lowest BCUT2D eigenvalue weighted by atomic mass is 10.1. The fraction of sp³-hybridized carbons (Fsp3) is 0.316. The minimum Gasteiger partial charge on any atom is -0.457 e. The van der Waals surface area contributed by atoms with Gasteiger partial charge >= 0.3 is 5.97 Å². The number of hydrogen-bond donors (Lipinski definition) is 1. The van der Waals surface area contributed by atoms with Gasteiger partial charge in [0.2, 0.25) is 0 Å². The highest BCUT2D eigenvalue weighted by atomic mass is 16.6. The standard InChI is InChI=1S/C19H22N2O5/c1-13-4-5-14(2)15(10-13)12-26-19(22)17-11-16(21(23)24)6-7-18(17)20-8-9-25-3/h4-7,10-11,20H,8-9,12H2,1-3H3. The Balaban J connectivity index is 2.20. The number of methoxy groups -OCH3 is 1. The van der Waals surface area contributed by atoms with E-state index in [1.54, 1.807) is 7.11 Å². The molecule has 1 N–H and O–H groups in total. The van der Waals surface area contributed by atoms with Crippen LogP contribution in [0, 0.1) is 24.0 Å². The summed E-state index contributed by atoms with van der Waals surface area (Å²) in [4.78, 5) is 23.0. The zero-order valence-electron chi connectivity index (χ0n) is 15.1. The van der Waals surface area contributed by atoms with Gasteiger partial charge in [-0.05, 0) is 31.0 Å². The highest BCUT2D eigenvalue weighted by Crippen LogP contribution is 2.24. The smallest absolute Gasteiger partial charge is 0.340 e. The average molecular weight is 358 g/mol. The lowest BCUT2D eigenvalue weighted by molar-refractivity contribution is -0.384. The van der Waals surface area contributed by atoms with Gasteiger partial charge in [-0.3, -0.25) is 10.1 Å². The van der Waals surface area contributed by atoms with E-state index in [0.29, 0.717) is 18.8 Å². The van der Waals surface area contributed by atoms with E-state index in [9.17, 15) is 14.9 Å². The summed E-state index contributed by atoms with van der Waals surface area (Å²) in [6.45, 7) is 4.91. The summed E-state index contributed by atoms with van der Waals surface area (Å²) >= 11 is 0. The van der Waals surface area contributed by atoms with Gasteiger partial charge < -0.3 is 14.8 Å². The van der Waals surface area contributed by atoms with Crippen molar-refractivity contribution in [2.45, 2.75) is 20.5 Å². The van der Waals surface area contributed by atoms with Crippen LogP contribution < -0.4 is 5.32 Å². The van der Waals surface area contributed by atoms with E-state index in [0.717, 1.165) is 16.7 Å². The highest BCUT2D eigenvalue weighted by molar-refractivity contribution is 5.96.